The second kappa shape index (κ2) is 5.13. The Morgan fingerprint density at radius 2 is 1.61 bits per heavy atom. The van der Waals surface area contributed by atoms with Gasteiger partial charge in [-0.1, -0.05) is 27.7 Å². The first-order valence-corrected chi connectivity index (χ1v) is 7.75. The summed E-state index contributed by atoms with van der Waals surface area (Å²) in [6.07, 6.45) is 5.44. The SMILES string of the molecule is CC1CCN(C2CC(C)(C)CC(C)(C)C2)CCN1. The van der Waals surface area contributed by atoms with E-state index in [2.05, 4.69) is 44.8 Å². The Hall–Kier alpha value is -0.0800. The number of nitrogens with one attached hydrogen (secondary N) is 1. The van der Waals surface area contributed by atoms with Gasteiger partial charge in [0.1, 0.15) is 0 Å². The lowest BCUT2D eigenvalue weighted by Gasteiger charge is -2.48. The molecule has 0 amide bonds. The third kappa shape index (κ3) is 3.71. The van der Waals surface area contributed by atoms with E-state index < -0.39 is 0 Å². The van der Waals surface area contributed by atoms with Gasteiger partial charge in [-0.25, -0.2) is 0 Å². The quantitative estimate of drug-likeness (QED) is 0.770. The van der Waals surface area contributed by atoms with Crippen molar-refractivity contribution in [1.82, 2.24) is 10.2 Å². The highest BCUT2D eigenvalue weighted by Crippen LogP contribution is 2.47. The first-order valence-electron chi connectivity index (χ1n) is 7.75. The van der Waals surface area contributed by atoms with E-state index in [0.29, 0.717) is 16.9 Å². The number of nitrogens with zero attached hydrogens (tertiary/aromatic N) is 1. The van der Waals surface area contributed by atoms with Crippen LogP contribution in [0.2, 0.25) is 0 Å². The lowest BCUT2D eigenvalue weighted by atomic mass is 9.63. The molecule has 0 aromatic rings. The number of rotatable bonds is 1. The zero-order valence-electron chi connectivity index (χ0n) is 13.1. The lowest BCUT2D eigenvalue weighted by molar-refractivity contribution is 0.0269. The zero-order valence-corrected chi connectivity index (χ0v) is 13.1. The second-order valence-corrected chi connectivity index (χ2v) is 8.25. The van der Waals surface area contributed by atoms with Gasteiger partial charge in [0.25, 0.3) is 0 Å². The zero-order chi connectivity index (χ0) is 13.4. The highest BCUT2D eigenvalue weighted by atomic mass is 15.2. The smallest absolute Gasteiger partial charge is 0.0110 e. The summed E-state index contributed by atoms with van der Waals surface area (Å²) >= 11 is 0. The fraction of sp³-hybridized carbons (Fsp3) is 1.00. The van der Waals surface area contributed by atoms with Gasteiger partial charge in [-0.15, -0.1) is 0 Å². The van der Waals surface area contributed by atoms with Crippen LogP contribution in [-0.2, 0) is 0 Å². The van der Waals surface area contributed by atoms with Crippen LogP contribution in [0, 0.1) is 10.8 Å². The van der Waals surface area contributed by atoms with Crippen molar-refractivity contribution in [3.05, 3.63) is 0 Å². The van der Waals surface area contributed by atoms with Crippen LogP contribution >= 0.6 is 0 Å². The van der Waals surface area contributed by atoms with E-state index in [1.807, 2.05) is 0 Å². The van der Waals surface area contributed by atoms with Gasteiger partial charge >= 0.3 is 0 Å². The summed E-state index contributed by atoms with van der Waals surface area (Å²) in [6.45, 7) is 15.8. The average molecular weight is 252 g/mol. The molecule has 0 aromatic heterocycles. The highest BCUT2D eigenvalue weighted by molar-refractivity contribution is 4.94. The molecule has 2 fully saturated rings. The summed E-state index contributed by atoms with van der Waals surface area (Å²) in [5, 5.41) is 3.61. The molecular formula is C16H32N2. The molecule has 2 aliphatic rings. The van der Waals surface area contributed by atoms with Crippen molar-refractivity contribution < 1.29 is 0 Å². The predicted molar refractivity (Wildman–Crippen MR) is 78.9 cm³/mol. The van der Waals surface area contributed by atoms with Crippen molar-refractivity contribution in [2.24, 2.45) is 10.8 Å². The monoisotopic (exact) mass is 252 g/mol. The van der Waals surface area contributed by atoms with E-state index >= 15 is 0 Å². The van der Waals surface area contributed by atoms with Crippen molar-refractivity contribution in [2.75, 3.05) is 19.6 Å². The second-order valence-electron chi connectivity index (χ2n) is 8.25. The van der Waals surface area contributed by atoms with Crippen LogP contribution in [0.4, 0.5) is 0 Å². The Balaban J connectivity index is 2.03. The molecule has 1 heterocycles. The van der Waals surface area contributed by atoms with Gasteiger partial charge in [0.15, 0.2) is 0 Å². The molecule has 0 bridgehead atoms. The topological polar surface area (TPSA) is 15.3 Å². The molecule has 1 atom stereocenters. The van der Waals surface area contributed by atoms with Crippen LogP contribution < -0.4 is 5.32 Å². The Morgan fingerprint density at radius 3 is 2.22 bits per heavy atom. The van der Waals surface area contributed by atoms with Gasteiger partial charge in [-0.3, -0.25) is 4.90 Å². The maximum absolute atomic E-state index is 3.61. The normalized spacial score (nSPS) is 34.2. The molecule has 2 heteroatoms. The Labute approximate surface area is 114 Å². The first kappa shape index (κ1) is 14.3. The molecule has 1 aliphatic heterocycles. The van der Waals surface area contributed by atoms with Gasteiger partial charge in [0.05, 0.1) is 0 Å². The molecule has 1 saturated heterocycles. The minimum atomic E-state index is 0.512. The summed E-state index contributed by atoms with van der Waals surface area (Å²) in [5.74, 6) is 0. The molecule has 106 valence electrons. The molecule has 1 N–H and O–H groups in total. The molecule has 2 nitrogen and oxygen atoms in total. The molecule has 1 saturated carbocycles. The van der Waals surface area contributed by atoms with E-state index in [1.54, 1.807) is 0 Å². The number of hydrogen-bond acceptors (Lipinski definition) is 2. The lowest BCUT2D eigenvalue weighted by Crippen LogP contribution is -2.47. The van der Waals surface area contributed by atoms with Crippen molar-refractivity contribution >= 4 is 0 Å². The van der Waals surface area contributed by atoms with E-state index in [4.69, 9.17) is 0 Å². The van der Waals surface area contributed by atoms with Gasteiger partial charge in [-0.2, -0.15) is 0 Å². The van der Waals surface area contributed by atoms with Crippen LogP contribution in [0.5, 0.6) is 0 Å². The van der Waals surface area contributed by atoms with Crippen LogP contribution in [0.3, 0.4) is 0 Å². The van der Waals surface area contributed by atoms with Crippen LogP contribution in [0.25, 0.3) is 0 Å². The molecule has 18 heavy (non-hydrogen) atoms. The van der Waals surface area contributed by atoms with E-state index in [-0.39, 0.29) is 0 Å². The Morgan fingerprint density at radius 1 is 1.00 bits per heavy atom. The summed E-state index contributed by atoms with van der Waals surface area (Å²) in [6, 6.07) is 1.50. The summed E-state index contributed by atoms with van der Waals surface area (Å²) in [4.78, 5) is 2.76. The fourth-order valence-corrected chi connectivity index (χ4v) is 4.44. The van der Waals surface area contributed by atoms with Crippen molar-refractivity contribution in [3.63, 3.8) is 0 Å². The summed E-state index contributed by atoms with van der Waals surface area (Å²) in [5.41, 5.74) is 1.02. The minimum Gasteiger partial charge on any atom is -0.313 e. The van der Waals surface area contributed by atoms with Crippen LogP contribution in [0.1, 0.15) is 60.3 Å². The van der Waals surface area contributed by atoms with E-state index in [1.165, 1.54) is 45.3 Å². The standard InChI is InChI=1S/C16H32N2/c1-13-6-8-18(9-7-17-13)14-10-15(2,3)12-16(4,5)11-14/h13-14,17H,6-12H2,1-5H3. The van der Waals surface area contributed by atoms with Gasteiger partial charge < -0.3 is 5.32 Å². The molecule has 1 unspecified atom stereocenters. The number of hydrogen-bond donors (Lipinski definition) is 1. The average Bonchev–Trinajstić information content (AvgIpc) is 2.38. The van der Waals surface area contributed by atoms with E-state index in [0.717, 1.165) is 6.04 Å². The Kier molecular flexibility index (Phi) is 4.08. The van der Waals surface area contributed by atoms with Gasteiger partial charge in [0, 0.05) is 25.2 Å². The molecule has 0 aromatic carbocycles. The predicted octanol–water partition coefficient (Wildman–Crippen LogP) is 3.28. The summed E-state index contributed by atoms with van der Waals surface area (Å²) < 4.78 is 0. The van der Waals surface area contributed by atoms with Crippen molar-refractivity contribution in [3.8, 4) is 0 Å². The van der Waals surface area contributed by atoms with Crippen molar-refractivity contribution in [1.29, 1.82) is 0 Å². The third-order valence-corrected chi connectivity index (χ3v) is 4.79. The highest BCUT2D eigenvalue weighted by Gasteiger charge is 2.40. The maximum atomic E-state index is 3.61. The van der Waals surface area contributed by atoms with Crippen LogP contribution in [-0.4, -0.2) is 36.6 Å². The maximum Gasteiger partial charge on any atom is 0.0110 e. The molecular weight excluding hydrogens is 220 g/mol. The van der Waals surface area contributed by atoms with Gasteiger partial charge in [0.2, 0.25) is 0 Å². The van der Waals surface area contributed by atoms with Crippen molar-refractivity contribution in [2.45, 2.75) is 72.4 Å². The van der Waals surface area contributed by atoms with Crippen LogP contribution in [0.15, 0.2) is 0 Å². The largest absolute Gasteiger partial charge is 0.313 e. The molecule has 0 spiro atoms. The fourth-order valence-electron chi connectivity index (χ4n) is 4.44. The first-order chi connectivity index (χ1) is 8.27. The molecule has 1 aliphatic carbocycles. The third-order valence-electron chi connectivity index (χ3n) is 4.79. The van der Waals surface area contributed by atoms with Gasteiger partial charge in [-0.05, 0) is 50.0 Å². The Bertz CT molecular complexity index is 267. The minimum absolute atomic E-state index is 0.512. The molecule has 2 rings (SSSR count). The summed E-state index contributed by atoms with van der Waals surface area (Å²) in [7, 11) is 0. The van der Waals surface area contributed by atoms with E-state index in [9.17, 15) is 0 Å². The molecule has 0 radical (unpaired) electrons.